The van der Waals surface area contributed by atoms with Gasteiger partial charge >= 0.3 is 0 Å². The highest BCUT2D eigenvalue weighted by molar-refractivity contribution is 7.93. The Morgan fingerprint density at radius 1 is 1.38 bits per heavy atom. The second-order valence-corrected chi connectivity index (χ2v) is 6.36. The van der Waals surface area contributed by atoms with Crippen molar-refractivity contribution in [1.82, 2.24) is 4.98 Å². The molecule has 0 fully saturated rings. The van der Waals surface area contributed by atoms with Gasteiger partial charge in [-0.2, -0.15) is 0 Å². The normalized spacial score (nSPS) is 11.1. The highest BCUT2D eigenvalue weighted by Gasteiger charge is 2.23. The summed E-state index contributed by atoms with van der Waals surface area (Å²) in [5, 5.41) is 0. The van der Waals surface area contributed by atoms with Crippen molar-refractivity contribution in [3.8, 4) is 0 Å². The maximum atomic E-state index is 13.8. The first-order valence-corrected chi connectivity index (χ1v) is 7.74. The van der Waals surface area contributed by atoms with Gasteiger partial charge in [0.05, 0.1) is 17.4 Å². The second kappa shape index (κ2) is 5.74. The molecule has 2 aromatic rings. The third kappa shape index (κ3) is 3.17. The summed E-state index contributed by atoms with van der Waals surface area (Å²) in [6.07, 6.45) is 2.91. The van der Waals surface area contributed by atoms with Crippen LogP contribution >= 0.6 is 12.2 Å². The SMILES string of the molecule is Cc1ccncc1NS(=O)(=O)c1cccc(F)c1C(N)=S. The van der Waals surface area contributed by atoms with Crippen LogP contribution in [0.3, 0.4) is 0 Å². The standard InChI is InChI=1S/C13H12FN3O2S2/c1-8-5-6-16-7-10(8)17-21(18,19)11-4-2-3-9(14)12(11)13(15)20/h2-7,17H,1H3,(H2,15,20). The minimum Gasteiger partial charge on any atom is -0.389 e. The summed E-state index contributed by atoms with van der Waals surface area (Å²) in [6.45, 7) is 1.72. The van der Waals surface area contributed by atoms with Crippen LogP contribution in [0.4, 0.5) is 10.1 Å². The van der Waals surface area contributed by atoms with Gasteiger partial charge in [-0.15, -0.1) is 0 Å². The van der Waals surface area contributed by atoms with Crippen LogP contribution in [-0.4, -0.2) is 18.4 Å². The molecule has 1 aromatic heterocycles. The molecule has 5 nitrogen and oxygen atoms in total. The van der Waals surface area contributed by atoms with E-state index < -0.39 is 15.8 Å². The summed E-state index contributed by atoms with van der Waals surface area (Å²) in [6, 6.07) is 5.27. The van der Waals surface area contributed by atoms with Gasteiger partial charge in [0.1, 0.15) is 15.7 Å². The van der Waals surface area contributed by atoms with Crippen molar-refractivity contribution in [2.24, 2.45) is 5.73 Å². The number of aromatic nitrogens is 1. The zero-order chi connectivity index (χ0) is 15.6. The third-order valence-electron chi connectivity index (χ3n) is 2.79. The Labute approximate surface area is 127 Å². The number of pyridine rings is 1. The summed E-state index contributed by atoms with van der Waals surface area (Å²) in [5.74, 6) is -0.784. The molecular formula is C13H12FN3O2S2. The number of rotatable bonds is 4. The highest BCUT2D eigenvalue weighted by Crippen LogP contribution is 2.23. The van der Waals surface area contributed by atoms with E-state index in [9.17, 15) is 12.8 Å². The van der Waals surface area contributed by atoms with E-state index in [0.717, 1.165) is 6.07 Å². The summed E-state index contributed by atoms with van der Waals surface area (Å²) >= 11 is 4.73. The number of aryl methyl sites for hydroxylation is 1. The number of nitrogens with one attached hydrogen (secondary N) is 1. The van der Waals surface area contributed by atoms with Crippen molar-refractivity contribution in [2.45, 2.75) is 11.8 Å². The number of sulfonamides is 1. The topological polar surface area (TPSA) is 85.1 Å². The summed E-state index contributed by atoms with van der Waals surface area (Å²) in [7, 11) is -4.03. The van der Waals surface area contributed by atoms with Crippen LogP contribution in [0.15, 0.2) is 41.6 Å². The Balaban J connectivity index is 2.53. The smallest absolute Gasteiger partial charge is 0.262 e. The van der Waals surface area contributed by atoms with Gasteiger partial charge in [0.2, 0.25) is 0 Å². The van der Waals surface area contributed by atoms with Gasteiger partial charge in [-0.25, -0.2) is 12.8 Å². The minimum absolute atomic E-state index is 0.302. The lowest BCUT2D eigenvalue weighted by atomic mass is 10.2. The molecular weight excluding hydrogens is 313 g/mol. The van der Waals surface area contributed by atoms with Gasteiger partial charge in [0.15, 0.2) is 0 Å². The van der Waals surface area contributed by atoms with Crippen molar-refractivity contribution in [3.63, 3.8) is 0 Å². The van der Waals surface area contributed by atoms with E-state index in [2.05, 4.69) is 9.71 Å². The predicted molar refractivity (Wildman–Crippen MR) is 82.1 cm³/mol. The number of halogens is 1. The molecule has 1 heterocycles. The lowest BCUT2D eigenvalue weighted by Gasteiger charge is -2.13. The second-order valence-electron chi connectivity index (χ2n) is 4.27. The average molecular weight is 325 g/mol. The van der Waals surface area contributed by atoms with Crippen LogP contribution in [-0.2, 0) is 10.0 Å². The predicted octanol–water partition coefficient (Wildman–Crippen LogP) is 1.96. The summed E-state index contributed by atoms with van der Waals surface area (Å²) in [5.41, 5.74) is 6.10. The van der Waals surface area contributed by atoms with Gasteiger partial charge < -0.3 is 5.73 Å². The lowest BCUT2D eigenvalue weighted by molar-refractivity contribution is 0.594. The Morgan fingerprint density at radius 2 is 2.10 bits per heavy atom. The molecule has 0 aliphatic rings. The van der Waals surface area contributed by atoms with Crippen LogP contribution < -0.4 is 10.5 Å². The first kappa shape index (κ1) is 15.3. The summed E-state index contributed by atoms with van der Waals surface area (Å²) in [4.78, 5) is 3.22. The number of nitrogens with two attached hydrogens (primary N) is 1. The first-order valence-electron chi connectivity index (χ1n) is 5.84. The molecule has 1 aromatic carbocycles. The third-order valence-corrected chi connectivity index (χ3v) is 4.41. The molecule has 0 amide bonds. The van der Waals surface area contributed by atoms with Crippen LogP contribution in [0.5, 0.6) is 0 Å². The number of hydrogen-bond acceptors (Lipinski definition) is 4. The number of benzene rings is 1. The Morgan fingerprint density at radius 3 is 2.71 bits per heavy atom. The molecule has 21 heavy (non-hydrogen) atoms. The molecule has 2 rings (SSSR count). The molecule has 0 aliphatic carbocycles. The number of nitrogens with zero attached hydrogens (tertiary/aromatic N) is 1. The fourth-order valence-corrected chi connectivity index (χ4v) is 3.36. The first-order chi connectivity index (χ1) is 9.83. The molecule has 0 radical (unpaired) electrons. The Bertz CT molecular complexity index is 807. The molecule has 0 unspecified atom stereocenters. The van der Waals surface area contributed by atoms with Crippen molar-refractivity contribution in [3.05, 3.63) is 53.6 Å². The monoisotopic (exact) mass is 325 g/mol. The van der Waals surface area contributed by atoms with Gasteiger partial charge in [0, 0.05) is 6.20 Å². The van der Waals surface area contributed by atoms with Crippen LogP contribution in [0.25, 0.3) is 0 Å². The van der Waals surface area contributed by atoms with Gasteiger partial charge in [0.25, 0.3) is 10.0 Å². The largest absolute Gasteiger partial charge is 0.389 e. The molecule has 0 saturated heterocycles. The van der Waals surface area contributed by atoms with Crippen molar-refractivity contribution >= 4 is 32.9 Å². The number of thiocarbonyl (C=S) groups is 1. The maximum Gasteiger partial charge on any atom is 0.262 e. The van der Waals surface area contributed by atoms with Gasteiger partial charge in [-0.05, 0) is 30.7 Å². The fourth-order valence-electron chi connectivity index (χ4n) is 1.74. The van der Waals surface area contributed by atoms with Crippen LogP contribution in [0, 0.1) is 12.7 Å². The molecule has 3 N–H and O–H groups in total. The van der Waals surface area contributed by atoms with E-state index in [4.69, 9.17) is 18.0 Å². The molecule has 0 aliphatic heterocycles. The molecule has 0 spiro atoms. The lowest BCUT2D eigenvalue weighted by Crippen LogP contribution is -2.21. The molecule has 8 heteroatoms. The van der Waals surface area contributed by atoms with Crippen molar-refractivity contribution in [1.29, 1.82) is 0 Å². The molecule has 0 bridgehead atoms. The maximum absolute atomic E-state index is 13.8. The Hall–Kier alpha value is -2.06. The van der Waals surface area contributed by atoms with Crippen molar-refractivity contribution < 1.29 is 12.8 Å². The van der Waals surface area contributed by atoms with E-state index in [0.29, 0.717) is 11.3 Å². The number of hydrogen-bond donors (Lipinski definition) is 2. The van der Waals surface area contributed by atoms with Crippen LogP contribution in [0.1, 0.15) is 11.1 Å². The molecule has 0 atom stereocenters. The zero-order valence-electron chi connectivity index (χ0n) is 11.0. The summed E-state index contributed by atoms with van der Waals surface area (Å²) < 4.78 is 41.0. The van der Waals surface area contributed by atoms with Crippen molar-refractivity contribution in [2.75, 3.05) is 4.72 Å². The van der Waals surface area contributed by atoms with E-state index in [1.807, 2.05) is 0 Å². The van der Waals surface area contributed by atoms with Crippen LogP contribution in [0.2, 0.25) is 0 Å². The quantitative estimate of drug-likeness (QED) is 0.840. The fraction of sp³-hybridized carbons (Fsp3) is 0.0769. The van der Waals surface area contributed by atoms with Gasteiger partial charge in [-0.1, -0.05) is 18.3 Å². The molecule has 110 valence electrons. The Kier molecular flexibility index (Phi) is 4.19. The molecule has 0 saturated carbocycles. The van der Waals surface area contributed by atoms with E-state index in [1.165, 1.54) is 24.5 Å². The minimum atomic E-state index is -4.03. The van der Waals surface area contributed by atoms with E-state index in [-0.39, 0.29) is 15.4 Å². The zero-order valence-corrected chi connectivity index (χ0v) is 12.6. The van der Waals surface area contributed by atoms with E-state index >= 15 is 0 Å². The highest BCUT2D eigenvalue weighted by atomic mass is 32.2. The van der Waals surface area contributed by atoms with E-state index in [1.54, 1.807) is 13.0 Å². The average Bonchev–Trinajstić information content (AvgIpc) is 2.40. The number of anilines is 1. The van der Waals surface area contributed by atoms with Gasteiger partial charge in [-0.3, -0.25) is 9.71 Å².